The molecular weight excluding hydrogens is 354 g/mol. The second kappa shape index (κ2) is 7.29. The van der Waals surface area contributed by atoms with Crippen LogP contribution in [0.4, 0.5) is 0 Å². The fourth-order valence-corrected chi connectivity index (χ4v) is 5.61. The molecular formula is C19H26ClN3OS. The van der Waals surface area contributed by atoms with Crippen LogP contribution in [0.1, 0.15) is 49.5 Å². The number of aryl methyl sites for hydroxylation is 1. The predicted molar refractivity (Wildman–Crippen MR) is 105 cm³/mol. The molecule has 1 saturated heterocycles. The fourth-order valence-electron chi connectivity index (χ4n) is 4.43. The van der Waals surface area contributed by atoms with Crippen LogP contribution in [0.2, 0.25) is 4.34 Å². The van der Waals surface area contributed by atoms with Crippen molar-refractivity contribution in [2.45, 2.75) is 51.6 Å². The molecule has 0 radical (unpaired) electrons. The molecule has 0 bridgehead atoms. The molecule has 25 heavy (non-hydrogen) atoms. The van der Waals surface area contributed by atoms with Gasteiger partial charge in [0, 0.05) is 38.8 Å². The number of rotatable bonds is 3. The molecule has 0 atom stereocenters. The number of hydrogen-bond donors (Lipinski definition) is 0. The van der Waals surface area contributed by atoms with Gasteiger partial charge in [-0.05, 0) is 31.9 Å². The molecule has 2 aliphatic rings. The summed E-state index contributed by atoms with van der Waals surface area (Å²) in [7, 11) is 0. The van der Waals surface area contributed by atoms with Gasteiger partial charge in [-0.2, -0.15) is 0 Å². The SMILES string of the molecule is CCn1c(C(=O)N2CCN(C3CCCCC3)CC2)cc2sc(Cl)cc21. The lowest BCUT2D eigenvalue weighted by Crippen LogP contribution is -2.52. The summed E-state index contributed by atoms with van der Waals surface area (Å²) in [6.45, 7) is 6.60. The molecule has 2 fully saturated rings. The van der Waals surface area contributed by atoms with Crippen LogP contribution in [0, 0.1) is 0 Å². The summed E-state index contributed by atoms with van der Waals surface area (Å²) in [4.78, 5) is 17.7. The molecule has 4 nitrogen and oxygen atoms in total. The van der Waals surface area contributed by atoms with Crippen molar-refractivity contribution in [2.24, 2.45) is 0 Å². The van der Waals surface area contributed by atoms with Gasteiger partial charge in [-0.3, -0.25) is 9.69 Å². The lowest BCUT2D eigenvalue weighted by molar-refractivity contribution is 0.0515. The number of thiophene rings is 1. The highest BCUT2D eigenvalue weighted by atomic mass is 35.5. The summed E-state index contributed by atoms with van der Waals surface area (Å²) in [6, 6.07) is 4.74. The topological polar surface area (TPSA) is 28.5 Å². The average molecular weight is 380 g/mol. The summed E-state index contributed by atoms with van der Waals surface area (Å²) >= 11 is 7.68. The number of piperazine rings is 1. The van der Waals surface area contributed by atoms with Crippen LogP contribution in [-0.4, -0.2) is 52.5 Å². The Morgan fingerprint density at radius 1 is 1.16 bits per heavy atom. The van der Waals surface area contributed by atoms with E-state index in [2.05, 4.69) is 16.4 Å². The van der Waals surface area contributed by atoms with Gasteiger partial charge in [0.1, 0.15) is 5.69 Å². The van der Waals surface area contributed by atoms with Crippen LogP contribution in [0.5, 0.6) is 0 Å². The summed E-state index contributed by atoms with van der Waals surface area (Å²) in [5.74, 6) is 0.171. The minimum Gasteiger partial charge on any atom is -0.336 e. The summed E-state index contributed by atoms with van der Waals surface area (Å²) in [6.07, 6.45) is 6.80. The zero-order valence-corrected chi connectivity index (χ0v) is 16.4. The van der Waals surface area contributed by atoms with Crippen molar-refractivity contribution in [3.63, 3.8) is 0 Å². The first-order valence-corrected chi connectivity index (χ1v) is 10.7. The van der Waals surface area contributed by atoms with Crippen molar-refractivity contribution in [3.05, 3.63) is 22.2 Å². The van der Waals surface area contributed by atoms with Gasteiger partial charge in [0.25, 0.3) is 5.91 Å². The fraction of sp³-hybridized carbons (Fsp3) is 0.632. The maximum atomic E-state index is 13.1. The van der Waals surface area contributed by atoms with E-state index in [9.17, 15) is 4.79 Å². The molecule has 0 unspecified atom stereocenters. The maximum Gasteiger partial charge on any atom is 0.270 e. The van der Waals surface area contributed by atoms with Gasteiger partial charge >= 0.3 is 0 Å². The van der Waals surface area contributed by atoms with Crippen LogP contribution in [0.15, 0.2) is 12.1 Å². The van der Waals surface area contributed by atoms with E-state index in [0.29, 0.717) is 0 Å². The molecule has 2 aromatic heterocycles. The molecule has 0 N–H and O–H groups in total. The predicted octanol–water partition coefficient (Wildman–Crippen LogP) is 4.47. The van der Waals surface area contributed by atoms with Crippen LogP contribution in [0.3, 0.4) is 0 Å². The minimum absolute atomic E-state index is 0.171. The summed E-state index contributed by atoms with van der Waals surface area (Å²) in [5.41, 5.74) is 1.90. The Morgan fingerprint density at radius 3 is 2.56 bits per heavy atom. The molecule has 4 rings (SSSR count). The van der Waals surface area contributed by atoms with Crippen molar-refractivity contribution in [3.8, 4) is 0 Å². The van der Waals surface area contributed by atoms with Gasteiger partial charge in [0.2, 0.25) is 0 Å². The lowest BCUT2D eigenvalue weighted by Gasteiger charge is -2.40. The van der Waals surface area contributed by atoms with Crippen LogP contribution in [-0.2, 0) is 6.54 Å². The molecule has 3 heterocycles. The van der Waals surface area contributed by atoms with Gasteiger partial charge < -0.3 is 9.47 Å². The summed E-state index contributed by atoms with van der Waals surface area (Å²) in [5, 5.41) is 0. The second-order valence-electron chi connectivity index (χ2n) is 7.19. The first-order chi connectivity index (χ1) is 12.2. The Kier molecular flexibility index (Phi) is 5.07. The standard InChI is InChI=1S/C19H26ClN3OS/c1-2-23-15-13-18(20)25-17(15)12-16(23)19(24)22-10-8-21(9-11-22)14-6-4-3-5-7-14/h12-14H,2-11H2,1H3. The lowest BCUT2D eigenvalue weighted by atomic mass is 9.94. The first-order valence-electron chi connectivity index (χ1n) is 9.49. The Bertz CT molecular complexity index is 754. The van der Waals surface area contributed by atoms with Gasteiger partial charge in [-0.15, -0.1) is 11.3 Å². The van der Waals surface area contributed by atoms with Gasteiger partial charge in [-0.25, -0.2) is 0 Å². The van der Waals surface area contributed by atoms with Crippen molar-refractivity contribution < 1.29 is 4.79 Å². The van der Waals surface area contributed by atoms with Crippen molar-refractivity contribution in [1.82, 2.24) is 14.4 Å². The van der Waals surface area contributed by atoms with Crippen LogP contribution < -0.4 is 0 Å². The number of fused-ring (bicyclic) bond motifs is 1. The number of aromatic nitrogens is 1. The third kappa shape index (κ3) is 3.34. The Balaban J connectivity index is 1.46. The van der Waals surface area contributed by atoms with Crippen molar-refractivity contribution >= 4 is 39.1 Å². The van der Waals surface area contributed by atoms with E-state index in [4.69, 9.17) is 11.6 Å². The molecule has 1 amide bonds. The van der Waals surface area contributed by atoms with Crippen LogP contribution in [0.25, 0.3) is 10.2 Å². The molecule has 1 saturated carbocycles. The van der Waals surface area contributed by atoms with Crippen LogP contribution >= 0.6 is 22.9 Å². The maximum absolute atomic E-state index is 13.1. The average Bonchev–Trinajstić information content (AvgIpc) is 3.17. The highest BCUT2D eigenvalue weighted by Gasteiger charge is 2.29. The number of hydrogen-bond acceptors (Lipinski definition) is 3. The largest absolute Gasteiger partial charge is 0.336 e. The third-order valence-electron chi connectivity index (χ3n) is 5.79. The van der Waals surface area contributed by atoms with Gasteiger partial charge in [-0.1, -0.05) is 30.9 Å². The highest BCUT2D eigenvalue weighted by molar-refractivity contribution is 7.22. The molecule has 1 aliphatic carbocycles. The molecule has 6 heteroatoms. The first kappa shape index (κ1) is 17.4. The number of halogens is 1. The smallest absolute Gasteiger partial charge is 0.270 e. The van der Waals surface area contributed by atoms with E-state index in [1.54, 1.807) is 11.3 Å². The molecule has 136 valence electrons. The van der Waals surface area contributed by atoms with Crippen molar-refractivity contribution in [2.75, 3.05) is 26.2 Å². The summed E-state index contributed by atoms with van der Waals surface area (Å²) < 4.78 is 4.00. The number of nitrogens with zero attached hydrogens (tertiary/aromatic N) is 3. The number of amides is 1. The van der Waals surface area contributed by atoms with E-state index < -0.39 is 0 Å². The third-order valence-corrected chi connectivity index (χ3v) is 6.99. The van der Waals surface area contributed by atoms with E-state index in [1.807, 2.05) is 17.0 Å². The van der Waals surface area contributed by atoms with E-state index in [-0.39, 0.29) is 5.91 Å². The number of carbonyl (C=O) groups is 1. The van der Waals surface area contributed by atoms with Gasteiger partial charge in [0.05, 0.1) is 14.6 Å². The Morgan fingerprint density at radius 2 is 1.88 bits per heavy atom. The zero-order valence-electron chi connectivity index (χ0n) is 14.8. The normalized spacial score (nSPS) is 20.5. The Labute approximate surface area is 158 Å². The van der Waals surface area contributed by atoms with E-state index in [0.717, 1.165) is 59.0 Å². The molecule has 0 aromatic carbocycles. The Hall–Kier alpha value is -1.04. The number of carbonyl (C=O) groups excluding carboxylic acids is 1. The quantitative estimate of drug-likeness (QED) is 0.787. The second-order valence-corrected chi connectivity index (χ2v) is 8.91. The van der Waals surface area contributed by atoms with Crippen molar-refractivity contribution in [1.29, 1.82) is 0 Å². The molecule has 0 spiro atoms. The molecule has 1 aliphatic heterocycles. The van der Waals surface area contributed by atoms with Gasteiger partial charge in [0.15, 0.2) is 0 Å². The molecule has 2 aromatic rings. The zero-order chi connectivity index (χ0) is 17.4. The van der Waals surface area contributed by atoms with E-state index in [1.165, 1.54) is 32.1 Å². The van der Waals surface area contributed by atoms with E-state index >= 15 is 0 Å². The minimum atomic E-state index is 0.171. The highest BCUT2D eigenvalue weighted by Crippen LogP contribution is 2.33. The monoisotopic (exact) mass is 379 g/mol.